The summed E-state index contributed by atoms with van der Waals surface area (Å²) in [7, 11) is -3.76. The molecule has 0 fully saturated rings. The van der Waals surface area contributed by atoms with Gasteiger partial charge in [0.25, 0.3) is 0 Å². The molecule has 2 aromatic carbocycles. The van der Waals surface area contributed by atoms with Crippen LogP contribution in [0.15, 0.2) is 73.8 Å². The fraction of sp³-hybridized carbons (Fsp3) is 0.158. The lowest BCUT2D eigenvalue weighted by molar-refractivity contribution is 0.107. The standard InChI is InChI=1S/C19H19O4P/c1-3-13-21-24(20,22-14-4-2)23-19-17-11-7-5-9-15(17)16-10-6-8-12-18(16)19/h3-12,19H,1-2,13-14H2. The van der Waals surface area contributed by atoms with Gasteiger partial charge in [-0.2, -0.15) is 0 Å². The maximum absolute atomic E-state index is 12.9. The normalized spacial score (nSPS) is 13.3. The number of phosphoric ester groups is 1. The maximum atomic E-state index is 12.9. The van der Waals surface area contributed by atoms with Crippen LogP contribution in [0.25, 0.3) is 11.1 Å². The van der Waals surface area contributed by atoms with Crippen LogP contribution in [0, 0.1) is 0 Å². The van der Waals surface area contributed by atoms with Gasteiger partial charge in [-0.05, 0) is 22.3 Å². The van der Waals surface area contributed by atoms with Crippen molar-refractivity contribution in [2.45, 2.75) is 6.10 Å². The number of hydrogen-bond acceptors (Lipinski definition) is 4. The maximum Gasteiger partial charge on any atom is 0.476 e. The summed E-state index contributed by atoms with van der Waals surface area (Å²) in [6, 6.07) is 15.8. The lowest BCUT2D eigenvalue weighted by Crippen LogP contribution is -2.06. The highest BCUT2D eigenvalue weighted by Crippen LogP contribution is 2.58. The van der Waals surface area contributed by atoms with E-state index in [0.717, 1.165) is 22.3 Å². The Labute approximate surface area is 142 Å². The Hall–Kier alpha value is -1.97. The Morgan fingerprint density at radius 1 is 0.875 bits per heavy atom. The van der Waals surface area contributed by atoms with Crippen molar-refractivity contribution >= 4 is 7.82 Å². The largest absolute Gasteiger partial charge is 0.476 e. The Morgan fingerprint density at radius 3 is 1.79 bits per heavy atom. The molecule has 0 amide bonds. The third-order valence-corrected chi connectivity index (χ3v) is 5.11. The zero-order chi connectivity index (χ0) is 17.0. The minimum absolute atomic E-state index is 0.0738. The van der Waals surface area contributed by atoms with Gasteiger partial charge in [0, 0.05) is 0 Å². The van der Waals surface area contributed by atoms with Crippen molar-refractivity contribution in [3.63, 3.8) is 0 Å². The van der Waals surface area contributed by atoms with Crippen molar-refractivity contribution in [2.75, 3.05) is 13.2 Å². The molecule has 0 aliphatic heterocycles. The van der Waals surface area contributed by atoms with E-state index < -0.39 is 13.9 Å². The average Bonchev–Trinajstić information content (AvgIpc) is 2.93. The summed E-state index contributed by atoms with van der Waals surface area (Å²) in [6.45, 7) is 7.29. The smallest absolute Gasteiger partial charge is 0.283 e. The monoisotopic (exact) mass is 342 g/mol. The van der Waals surface area contributed by atoms with Crippen molar-refractivity contribution in [3.05, 3.63) is 85.0 Å². The van der Waals surface area contributed by atoms with Gasteiger partial charge in [-0.25, -0.2) is 4.57 Å². The van der Waals surface area contributed by atoms with E-state index in [2.05, 4.69) is 13.2 Å². The molecule has 1 aliphatic rings. The van der Waals surface area contributed by atoms with Gasteiger partial charge in [-0.1, -0.05) is 60.7 Å². The molecule has 1 aliphatic carbocycles. The summed E-state index contributed by atoms with van der Waals surface area (Å²) in [4.78, 5) is 0. The molecule has 0 aromatic heterocycles. The molecule has 0 unspecified atom stereocenters. The molecule has 0 atom stereocenters. The summed E-state index contributed by atoms with van der Waals surface area (Å²) >= 11 is 0. The van der Waals surface area contributed by atoms with Gasteiger partial charge in [0.05, 0.1) is 13.2 Å². The van der Waals surface area contributed by atoms with Crippen LogP contribution in [0.3, 0.4) is 0 Å². The van der Waals surface area contributed by atoms with Gasteiger partial charge >= 0.3 is 7.82 Å². The summed E-state index contributed by atoms with van der Waals surface area (Å²) < 4.78 is 29.5. The second kappa shape index (κ2) is 7.29. The van der Waals surface area contributed by atoms with E-state index in [9.17, 15) is 4.57 Å². The molecule has 5 heteroatoms. The average molecular weight is 342 g/mol. The molecule has 0 bridgehead atoms. The molecule has 0 saturated carbocycles. The van der Waals surface area contributed by atoms with Crippen LogP contribution in [-0.4, -0.2) is 13.2 Å². The summed E-state index contributed by atoms with van der Waals surface area (Å²) in [5, 5.41) is 0. The minimum atomic E-state index is -3.76. The van der Waals surface area contributed by atoms with Crippen LogP contribution < -0.4 is 0 Å². The Morgan fingerprint density at radius 2 is 1.33 bits per heavy atom. The van der Waals surface area contributed by atoms with Gasteiger partial charge in [0.15, 0.2) is 0 Å². The van der Waals surface area contributed by atoms with Crippen LogP contribution in [0.2, 0.25) is 0 Å². The fourth-order valence-corrected chi connectivity index (χ4v) is 4.00. The summed E-state index contributed by atoms with van der Waals surface area (Å²) in [5.74, 6) is 0. The van der Waals surface area contributed by atoms with Gasteiger partial charge in [-0.3, -0.25) is 13.6 Å². The number of hydrogen-bond donors (Lipinski definition) is 0. The van der Waals surface area contributed by atoms with Crippen LogP contribution in [0.1, 0.15) is 17.2 Å². The lowest BCUT2D eigenvalue weighted by atomic mass is 10.1. The number of fused-ring (bicyclic) bond motifs is 3. The Kier molecular flexibility index (Phi) is 5.12. The first-order valence-electron chi connectivity index (χ1n) is 7.66. The third-order valence-electron chi connectivity index (χ3n) is 3.71. The molecule has 3 rings (SSSR count). The lowest BCUT2D eigenvalue weighted by Gasteiger charge is -2.22. The zero-order valence-corrected chi connectivity index (χ0v) is 14.2. The first kappa shape index (κ1) is 16.9. The van der Waals surface area contributed by atoms with E-state index in [1.54, 1.807) is 0 Å². The van der Waals surface area contributed by atoms with Gasteiger partial charge in [0.1, 0.15) is 6.10 Å². The van der Waals surface area contributed by atoms with Gasteiger partial charge in [-0.15, -0.1) is 13.2 Å². The Balaban J connectivity index is 1.97. The van der Waals surface area contributed by atoms with E-state index >= 15 is 0 Å². The molecule has 0 N–H and O–H groups in total. The zero-order valence-electron chi connectivity index (χ0n) is 13.3. The second-order valence-corrected chi connectivity index (χ2v) is 6.90. The van der Waals surface area contributed by atoms with Crippen molar-refractivity contribution in [3.8, 4) is 11.1 Å². The van der Waals surface area contributed by atoms with Crippen LogP contribution in [0.5, 0.6) is 0 Å². The second-order valence-electron chi connectivity index (χ2n) is 5.28. The number of benzene rings is 2. The van der Waals surface area contributed by atoms with Crippen LogP contribution in [0.4, 0.5) is 0 Å². The molecular weight excluding hydrogens is 323 g/mol. The first-order chi connectivity index (χ1) is 11.7. The molecule has 0 spiro atoms. The topological polar surface area (TPSA) is 44.8 Å². The molecule has 124 valence electrons. The SMILES string of the molecule is C=CCOP(=O)(OCC=C)OC1c2ccccc2-c2ccccc21. The number of rotatable bonds is 8. The minimum Gasteiger partial charge on any atom is -0.283 e. The predicted molar refractivity (Wildman–Crippen MR) is 94.7 cm³/mol. The third kappa shape index (κ3) is 3.28. The van der Waals surface area contributed by atoms with Gasteiger partial charge < -0.3 is 0 Å². The fourth-order valence-electron chi connectivity index (χ4n) is 2.74. The molecule has 0 radical (unpaired) electrons. The molecule has 0 heterocycles. The highest BCUT2D eigenvalue weighted by atomic mass is 31.2. The van der Waals surface area contributed by atoms with Crippen LogP contribution in [-0.2, 0) is 18.1 Å². The van der Waals surface area contributed by atoms with E-state index in [0.29, 0.717) is 0 Å². The highest BCUT2D eigenvalue weighted by molar-refractivity contribution is 7.48. The Bertz CT molecular complexity index is 738. The molecule has 2 aromatic rings. The highest BCUT2D eigenvalue weighted by Gasteiger charge is 2.37. The molecule has 24 heavy (non-hydrogen) atoms. The van der Waals surface area contributed by atoms with Crippen LogP contribution >= 0.6 is 7.82 Å². The summed E-state index contributed by atoms with van der Waals surface area (Å²) in [6.07, 6.45) is 2.51. The van der Waals surface area contributed by atoms with Crippen molar-refractivity contribution < 1.29 is 18.1 Å². The summed E-state index contributed by atoms with van der Waals surface area (Å²) in [5.41, 5.74) is 4.03. The first-order valence-corrected chi connectivity index (χ1v) is 9.12. The van der Waals surface area contributed by atoms with Crippen molar-refractivity contribution in [2.24, 2.45) is 0 Å². The van der Waals surface area contributed by atoms with E-state index in [4.69, 9.17) is 13.6 Å². The van der Waals surface area contributed by atoms with Gasteiger partial charge in [0.2, 0.25) is 0 Å². The van der Waals surface area contributed by atoms with Crippen molar-refractivity contribution in [1.29, 1.82) is 0 Å². The van der Waals surface area contributed by atoms with E-state index in [1.165, 1.54) is 12.2 Å². The predicted octanol–water partition coefficient (Wildman–Crippen LogP) is 5.29. The van der Waals surface area contributed by atoms with E-state index in [1.807, 2.05) is 48.5 Å². The molecule has 0 saturated heterocycles. The van der Waals surface area contributed by atoms with Crippen molar-refractivity contribution in [1.82, 2.24) is 0 Å². The number of phosphoric acid groups is 1. The molecular formula is C19H19O4P. The molecule has 4 nitrogen and oxygen atoms in total. The van der Waals surface area contributed by atoms with E-state index in [-0.39, 0.29) is 13.2 Å². The quantitative estimate of drug-likeness (QED) is 0.483.